The highest BCUT2D eigenvalue weighted by Crippen LogP contribution is 2.28. The van der Waals surface area contributed by atoms with Gasteiger partial charge in [-0.05, 0) is 37.9 Å². The monoisotopic (exact) mass is 282 g/mol. The minimum Gasteiger partial charge on any atom is -0.495 e. The van der Waals surface area contributed by atoms with Crippen LogP contribution in [-0.4, -0.2) is 37.7 Å². The highest BCUT2D eigenvalue weighted by Gasteiger charge is 2.18. The molecule has 1 aliphatic rings. The maximum atomic E-state index is 6.03. The van der Waals surface area contributed by atoms with Gasteiger partial charge in [-0.1, -0.05) is 18.5 Å². The molecule has 19 heavy (non-hydrogen) atoms. The maximum Gasteiger partial charge on any atom is 0.139 e. The molecule has 0 amide bonds. The quantitative estimate of drug-likeness (QED) is 0.892. The van der Waals surface area contributed by atoms with E-state index in [4.69, 9.17) is 16.3 Å². The number of piperidine rings is 1. The van der Waals surface area contributed by atoms with E-state index in [1.54, 1.807) is 7.11 Å². The molecule has 0 aliphatic carbocycles. The zero-order chi connectivity index (χ0) is 13.7. The zero-order valence-electron chi connectivity index (χ0n) is 11.8. The van der Waals surface area contributed by atoms with Crippen molar-refractivity contribution in [3.8, 4) is 5.75 Å². The molecule has 0 radical (unpaired) electrons. The number of hydrogen-bond acceptors (Lipinski definition) is 3. The van der Waals surface area contributed by atoms with Crippen molar-refractivity contribution in [2.75, 3.05) is 32.1 Å². The Morgan fingerprint density at radius 3 is 2.74 bits per heavy atom. The van der Waals surface area contributed by atoms with Crippen LogP contribution in [0.15, 0.2) is 18.2 Å². The Morgan fingerprint density at radius 2 is 2.11 bits per heavy atom. The van der Waals surface area contributed by atoms with Gasteiger partial charge in [0, 0.05) is 30.9 Å². The Labute approximate surface area is 120 Å². The number of ether oxygens (including phenoxy) is 1. The molecule has 0 saturated carbocycles. The lowest BCUT2D eigenvalue weighted by atomic mass is 10.0. The topological polar surface area (TPSA) is 24.5 Å². The van der Waals surface area contributed by atoms with Gasteiger partial charge < -0.3 is 15.0 Å². The summed E-state index contributed by atoms with van der Waals surface area (Å²) in [4.78, 5) is 2.54. The molecule has 0 spiro atoms. The molecule has 1 heterocycles. The second kappa shape index (κ2) is 7.01. The Kier molecular flexibility index (Phi) is 5.34. The number of rotatable bonds is 5. The fourth-order valence-electron chi connectivity index (χ4n) is 2.60. The van der Waals surface area contributed by atoms with Gasteiger partial charge in [-0.15, -0.1) is 0 Å². The Hall–Kier alpha value is -0.930. The predicted molar refractivity (Wildman–Crippen MR) is 81.4 cm³/mol. The number of likely N-dealkylation sites (tertiary alicyclic amines) is 1. The summed E-state index contributed by atoms with van der Waals surface area (Å²) in [6.07, 6.45) is 3.64. The molecule has 1 aliphatic heterocycles. The third-order valence-corrected chi connectivity index (χ3v) is 3.96. The zero-order valence-corrected chi connectivity index (χ0v) is 12.5. The van der Waals surface area contributed by atoms with E-state index in [1.165, 1.54) is 38.9 Å². The van der Waals surface area contributed by atoms with Crippen LogP contribution in [0.3, 0.4) is 0 Å². The highest BCUT2D eigenvalue weighted by atomic mass is 35.5. The van der Waals surface area contributed by atoms with Gasteiger partial charge in [0.05, 0.1) is 12.1 Å². The van der Waals surface area contributed by atoms with Crippen LogP contribution in [-0.2, 0) is 0 Å². The van der Waals surface area contributed by atoms with Gasteiger partial charge in [-0.25, -0.2) is 0 Å². The predicted octanol–water partition coefficient (Wildman–Crippen LogP) is 3.63. The maximum absolute atomic E-state index is 6.03. The van der Waals surface area contributed by atoms with Gasteiger partial charge in [-0.2, -0.15) is 0 Å². The van der Waals surface area contributed by atoms with Gasteiger partial charge in [0.2, 0.25) is 0 Å². The summed E-state index contributed by atoms with van der Waals surface area (Å²) in [7, 11) is 1.65. The summed E-state index contributed by atoms with van der Waals surface area (Å²) < 4.78 is 5.24. The summed E-state index contributed by atoms with van der Waals surface area (Å²) in [5.41, 5.74) is 1.09. The summed E-state index contributed by atoms with van der Waals surface area (Å²) in [6, 6.07) is 6.43. The van der Waals surface area contributed by atoms with E-state index in [1.807, 2.05) is 18.2 Å². The summed E-state index contributed by atoms with van der Waals surface area (Å²) in [5.74, 6) is 0.732. The molecule has 2 rings (SSSR count). The van der Waals surface area contributed by atoms with E-state index >= 15 is 0 Å². The first kappa shape index (κ1) is 14.5. The van der Waals surface area contributed by atoms with E-state index in [2.05, 4.69) is 17.1 Å². The summed E-state index contributed by atoms with van der Waals surface area (Å²) >= 11 is 6.03. The molecule has 1 saturated heterocycles. The third kappa shape index (κ3) is 4.02. The number of anilines is 1. The van der Waals surface area contributed by atoms with E-state index in [0.29, 0.717) is 11.1 Å². The first-order chi connectivity index (χ1) is 9.22. The lowest BCUT2D eigenvalue weighted by Gasteiger charge is -2.32. The highest BCUT2D eigenvalue weighted by molar-refractivity contribution is 6.32. The van der Waals surface area contributed by atoms with Gasteiger partial charge in [-0.3, -0.25) is 0 Å². The first-order valence-electron chi connectivity index (χ1n) is 7.05. The van der Waals surface area contributed by atoms with Crippen molar-refractivity contribution >= 4 is 17.3 Å². The molecule has 0 bridgehead atoms. The molecule has 1 aromatic rings. The average molecular weight is 283 g/mol. The minimum atomic E-state index is 0.555. The number of nitrogens with one attached hydrogen (secondary N) is 1. The number of benzene rings is 1. The van der Waals surface area contributed by atoms with Gasteiger partial charge >= 0.3 is 0 Å². The standard InChI is InChI=1S/C15H23ClN2O/c1-3-8-18-9-6-12(7-10-18)17-13-4-5-14(16)15(11-13)19-2/h4-5,11-12,17H,3,6-10H2,1-2H3. The Bertz CT molecular complexity index is 403. The molecule has 0 atom stereocenters. The van der Waals surface area contributed by atoms with E-state index in [0.717, 1.165) is 11.4 Å². The van der Waals surface area contributed by atoms with Crippen LogP contribution in [0.2, 0.25) is 5.02 Å². The number of methoxy groups -OCH3 is 1. The van der Waals surface area contributed by atoms with Crippen molar-refractivity contribution in [2.45, 2.75) is 32.2 Å². The average Bonchev–Trinajstić information content (AvgIpc) is 2.43. The molecule has 1 N–H and O–H groups in total. The van der Waals surface area contributed by atoms with Crippen LogP contribution in [0.5, 0.6) is 5.75 Å². The smallest absolute Gasteiger partial charge is 0.139 e. The van der Waals surface area contributed by atoms with Crippen molar-refractivity contribution in [3.05, 3.63) is 23.2 Å². The van der Waals surface area contributed by atoms with Crippen LogP contribution in [0, 0.1) is 0 Å². The van der Waals surface area contributed by atoms with Crippen molar-refractivity contribution in [2.24, 2.45) is 0 Å². The fourth-order valence-corrected chi connectivity index (χ4v) is 2.80. The Balaban J connectivity index is 1.88. The molecule has 1 aromatic carbocycles. The van der Waals surface area contributed by atoms with Crippen molar-refractivity contribution in [1.82, 2.24) is 4.90 Å². The second-order valence-electron chi connectivity index (χ2n) is 5.11. The molecule has 4 heteroatoms. The molecule has 0 unspecified atom stereocenters. The van der Waals surface area contributed by atoms with Gasteiger partial charge in [0.1, 0.15) is 5.75 Å². The van der Waals surface area contributed by atoms with E-state index in [-0.39, 0.29) is 0 Å². The van der Waals surface area contributed by atoms with Crippen molar-refractivity contribution in [1.29, 1.82) is 0 Å². The summed E-state index contributed by atoms with van der Waals surface area (Å²) in [5, 5.41) is 4.24. The lowest BCUT2D eigenvalue weighted by molar-refractivity contribution is 0.219. The van der Waals surface area contributed by atoms with Crippen molar-refractivity contribution < 1.29 is 4.74 Å². The second-order valence-corrected chi connectivity index (χ2v) is 5.52. The minimum absolute atomic E-state index is 0.555. The normalized spacial score (nSPS) is 17.4. The molecule has 1 fully saturated rings. The summed E-state index contributed by atoms with van der Waals surface area (Å²) in [6.45, 7) is 5.85. The van der Waals surface area contributed by atoms with E-state index < -0.39 is 0 Å². The fraction of sp³-hybridized carbons (Fsp3) is 0.600. The molecular formula is C15H23ClN2O. The molecule has 3 nitrogen and oxygen atoms in total. The van der Waals surface area contributed by atoms with E-state index in [9.17, 15) is 0 Å². The molecular weight excluding hydrogens is 260 g/mol. The van der Waals surface area contributed by atoms with Crippen LogP contribution < -0.4 is 10.1 Å². The number of halogens is 1. The third-order valence-electron chi connectivity index (χ3n) is 3.65. The van der Waals surface area contributed by atoms with Crippen LogP contribution >= 0.6 is 11.6 Å². The molecule has 106 valence electrons. The van der Waals surface area contributed by atoms with Gasteiger partial charge in [0.25, 0.3) is 0 Å². The van der Waals surface area contributed by atoms with Crippen molar-refractivity contribution in [3.63, 3.8) is 0 Å². The van der Waals surface area contributed by atoms with Crippen LogP contribution in [0.1, 0.15) is 26.2 Å². The van der Waals surface area contributed by atoms with Gasteiger partial charge in [0.15, 0.2) is 0 Å². The first-order valence-corrected chi connectivity index (χ1v) is 7.43. The Morgan fingerprint density at radius 1 is 1.37 bits per heavy atom. The van der Waals surface area contributed by atoms with Crippen LogP contribution in [0.4, 0.5) is 5.69 Å². The SMILES string of the molecule is CCCN1CCC(Nc2ccc(Cl)c(OC)c2)CC1. The molecule has 0 aromatic heterocycles. The lowest BCUT2D eigenvalue weighted by Crippen LogP contribution is -2.39. The number of nitrogens with zero attached hydrogens (tertiary/aromatic N) is 1. The largest absolute Gasteiger partial charge is 0.495 e. The number of hydrogen-bond donors (Lipinski definition) is 1. The van der Waals surface area contributed by atoms with Crippen LogP contribution in [0.25, 0.3) is 0 Å².